The number of anilines is 2. The van der Waals surface area contributed by atoms with Crippen LogP contribution in [0.4, 0.5) is 16.2 Å². The second kappa shape index (κ2) is 9.51. The van der Waals surface area contributed by atoms with Gasteiger partial charge in [0.05, 0.1) is 17.9 Å². The molecule has 0 aromatic heterocycles. The maximum Gasteiger partial charge on any atom is 0.407 e. The average Bonchev–Trinajstić information content (AvgIpc) is 2.93. The Morgan fingerprint density at radius 1 is 1.09 bits per heavy atom. The zero-order valence-corrected chi connectivity index (χ0v) is 18.4. The molecule has 1 heterocycles. The minimum absolute atomic E-state index is 0.132. The molecule has 0 aliphatic carbocycles. The molecule has 0 radical (unpaired) electrons. The van der Waals surface area contributed by atoms with Crippen LogP contribution in [0.2, 0.25) is 0 Å². The summed E-state index contributed by atoms with van der Waals surface area (Å²) in [6, 6.07) is 10.7. The molecule has 0 fully saturated rings. The van der Waals surface area contributed by atoms with Gasteiger partial charge in [0, 0.05) is 18.2 Å². The van der Waals surface area contributed by atoms with E-state index in [9.17, 15) is 24.0 Å². The molecule has 1 aliphatic heterocycles. The number of fused-ring (bicyclic) bond motifs is 1. The molecule has 172 valence electrons. The molecule has 3 N–H and O–H groups in total. The number of carbonyl (C=O) groups is 5. The molecular weight excluding hydrogens is 428 g/mol. The van der Waals surface area contributed by atoms with Crippen molar-refractivity contribution in [3.63, 3.8) is 0 Å². The van der Waals surface area contributed by atoms with Crippen LogP contribution in [0.5, 0.6) is 0 Å². The molecular formula is C23H24N4O6. The van der Waals surface area contributed by atoms with Gasteiger partial charge in [0.1, 0.15) is 12.1 Å². The number of hydrogen-bond donors (Lipinski definition) is 3. The molecule has 33 heavy (non-hydrogen) atoms. The van der Waals surface area contributed by atoms with E-state index in [4.69, 9.17) is 5.11 Å². The number of para-hydroxylation sites is 2. The van der Waals surface area contributed by atoms with Crippen LogP contribution >= 0.6 is 0 Å². The van der Waals surface area contributed by atoms with Crippen molar-refractivity contribution < 1.29 is 29.1 Å². The number of carbonyl (C=O) groups excluding carboxylic acids is 4. The molecule has 0 saturated heterocycles. The molecule has 0 saturated carbocycles. The lowest BCUT2D eigenvalue weighted by molar-refractivity contribution is -0.129. The lowest BCUT2D eigenvalue weighted by Crippen LogP contribution is -2.55. The number of amides is 4. The summed E-state index contributed by atoms with van der Waals surface area (Å²) in [7, 11) is 1.25. The fourth-order valence-corrected chi connectivity index (χ4v) is 3.34. The summed E-state index contributed by atoms with van der Waals surface area (Å²) >= 11 is 0. The molecule has 10 heteroatoms. The van der Waals surface area contributed by atoms with Crippen molar-refractivity contribution in [2.45, 2.75) is 25.9 Å². The highest BCUT2D eigenvalue weighted by Gasteiger charge is 2.34. The summed E-state index contributed by atoms with van der Waals surface area (Å²) in [5.41, 5.74) is 1.59. The highest BCUT2D eigenvalue weighted by Crippen LogP contribution is 2.30. The number of ketones is 1. The first kappa shape index (κ1) is 23.5. The molecule has 0 spiro atoms. The van der Waals surface area contributed by atoms with Crippen molar-refractivity contribution in [1.82, 2.24) is 10.2 Å². The van der Waals surface area contributed by atoms with Gasteiger partial charge in [-0.2, -0.15) is 0 Å². The zero-order chi connectivity index (χ0) is 24.3. The van der Waals surface area contributed by atoms with Gasteiger partial charge in [0.25, 0.3) is 5.91 Å². The van der Waals surface area contributed by atoms with Crippen molar-refractivity contribution >= 4 is 41.0 Å². The Kier molecular flexibility index (Phi) is 6.76. The third kappa shape index (κ3) is 5.00. The van der Waals surface area contributed by atoms with E-state index in [1.165, 1.54) is 37.9 Å². The van der Waals surface area contributed by atoms with Gasteiger partial charge in [-0.25, -0.2) is 4.79 Å². The number of nitrogens with zero attached hydrogens (tertiary/aromatic N) is 2. The van der Waals surface area contributed by atoms with E-state index in [1.54, 1.807) is 36.4 Å². The van der Waals surface area contributed by atoms with Gasteiger partial charge in [-0.05, 0) is 38.1 Å². The summed E-state index contributed by atoms with van der Waals surface area (Å²) in [5, 5.41) is 14.4. The summed E-state index contributed by atoms with van der Waals surface area (Å²) < 4.78 is 0. The molecule has 2 atom stereocenters. The van der Waals surface area contributed by atoms with Gasteiger partial charge in [-0.15, -0.1) is 0 Å². The van der Waals surface area contributed by atoms with Gasteiger partial charge in [-0.1, -0.05) is 24.3 Å². The molecule has 0 bridgehead atoms. The number of carboxylic acid groups (broad SMARTS) is 1. The minimum Gasteiger partial charge on any atom is -0.465 e. The van der Waals surface area contributed by atoms with Crippen molar-refractivity contribution in [1.29, 1.82) is 0 Å². The summed E-state index contributed by atoms with van der Waals surface area (Å²) in [6.07, 6.45) is -1.29. The molecule has 3 rings (SSSR count). The molecule has 4 amide bonds. The van der Waals surface area contributed by atoms with Crippen LogP contribution in [0.1, 0.15) is 34.6 Å². The summed E-state index contributed by atoms with van der Waals surface area (Å²) in [4.78, 5) is 63.7. The molecule has 10 nitrogen and oxygen atoms in total. The third-order valence-corrected chi connectivity index (χ3v) is 5.50. The van der Waals surface area contributed by atoms with Crippen LogP contribution in [0, 0.1) is 0 Å². The van der Waals surface area contributed by atoms with Crippen molar-refractivity contribution in [2.75, 3.05) is 23.8 Å². The van der Waals surface area contributed by atoms with E-state index in [1.807, 2.05) is 0 Å². The van der Waals surface area contributed by atoms with E-state index in [0.717, 1.165) is 4.90 Å². The predicted octanol–water partition coefficient (Wildman–Crippen LogP) is 1.97. The van der Waals surface area contributed by atoms with E-state index in [-0.39, 0.29) is 12.3 Å². The van der Waals surface area contributed by atoms with Gasteiger partial charge in [0.15, 0.2) is 5.78 Å². The fourth-order valence-electron chi connectivity index (χ4n) is 3.34. The number of likely N-dealkylation sites (N-methyl/N-ethyl adjacent to an activating group) is 1. The predicted molar refractivity (Wildman–Crippen MR) is 120 cm³/mol. The van der Waals surface area contributed by atoms with Gasteiger partial charge in [0.2, 0.25) is 11.8 Å². The highest BCUT2D eigenvalue weighted by molar-refractivity contribution is 6.12. The van der Waals surface area contributed by atoms with Crippen LogP contribution in [0.15, 0.2) is 48.5 Å². The smallest absolute Gasteiger partial charge is 0.407 e. The van der Waals surface area contributed by atoms with Crippen LogP contribution < -0.4 is 15.5 Å². The van der Waals surface area contributed by atoms with E-state index in [2.05, 4.69) is 10.6 Å². The van der Waals surface area contributed by atoms with Crippen molar-refractivity contribution in [2.24, 2.45) is 0 Å². The Labute approximate surface area is 190 Å². The van der Waals surface area contributed by atoms with Gasteiger partial charge >= 0.3 is 6.09 Å². The maximum absolute atomic E-state index is 13.4. The van der Waals surface area contributed by atoms with E-state index < -0.39 is 35.9 Å². The minimum atomic E-state index is -1.29. The second-order valence-electron chi connectivity index (χ2n) is 7.69. The van der Waals surface area contributed by atoms with E-state index >= 15 is 0 Å². The lowest BCUT2D eigenvalue weighted by atomic mass is 10.1. The number of benzene rings is 2. The first-order valence-electron chi connectivity index (χ1n) is 10.2. The SMILES string of the molecule is CC(=O)c1ccc(C(=O)N2C[C@H](NC(=O)[C@H](C)N(C)C(=O)O)C(=O)Nc3ccccc32)cc1. The number of rotatable bonds is 5. The standard InChI is InChI=1S/C23H24N4O6/c1-13(26(3)23(32)33)20(29)25-18-12-27(19-7-5-4-6-17(19)24-21(18)30)22(31)16-10-8-15(9-11-16)14(2)28/h4-11,13,18H,12H2,1-3H3,(H,24,30)(H,25,29)(H,32,33)/t13-,18-/m0/s1. The number of nitrogens with one attached hydrogen (secondary N) is 2. The summed E-state index contributed by atoms with van der Waals surface area (Å²) in [6.45, 7) is 2.65. The van der Waals surface area contributed by atoms with Crippen LogP contribution in [-0.2, 0) is 9.59 Å². The molecule has 2 aromatic rings. The normalized spacial score (nSPS) is 16.0. The molecule has 0 unspecified atom stereocenters. The topological polar surface area (TPSA) is 136 Å². The van der Waals surface area contributed by atoms with Crippen molar-refractivity contribution in [3.05, 3.63) is 59.7 Å². The average molecular weight is 452 g/mol. The maximum atomic E-state index is 13.4. The van der Waals surface area contributed by atoms with Crippen LogP contribution in [0.25, 0.3) is 0 Å². The monoisotopic (exact) mass is 452 g/mol. The molecule has 2 aromatic carbocycles. The Morgan fingerprint density at radius 2 is 1.70 bits per heavy atom. The Hall–Kier alpha value is -4.21. The first-order chi connectivity index (χ1) is 15.6. The quantitative estimate of drug-likeness (QED) is 0.594. The zero-order valence-electron chi connectivity index (χ0n) is 18.4. The Balaban J connectivity index is 1.91. The fraction of sp³-hybridized carbons (Fsp3) is 0.261. The number of hydrogen-bond acceptors (Lipinski definition) is 5. The summed E-state index contributed by atoms with van der Waals surface area (Å²) in [5.74, 6) is -1.77. The first-order valence-corrected chi connectivity index (χ1v) is 10.2. The second-order valence-corrected chi connectivity index (χ2v) is 7.69. The van der Waals surface area contributed by atoms with Gasteiger partial charge in [-0.3, -0.25) is 24.1 Å². The Bertz CT molecular complexity index is 1110. The van der Waals surface area contributed by atoms with E-state index in [0.29, 0.717) is 22.5 Å². The van der Waals surface area contributed by atoms with Crippen LogP contribution in [0.3, 0.4) is 0 Å². The number of Topliss-reactive ketones (excluding diaryl/α,β-unsaturated/α-hetero) is 1. The van der Waals surface area contributed by atoms with Gasteiger partial charge < -0.3 is 20.6 Å². The van der Waals surface area contributed by atoms with Crippen molar-refractivity contribution in [3.8, 4) is 0 Å². The largest absolute Gasteiger partial charge is 0.465 e. The Morgan fingerprint density at radius 3 is 2.30 bits per heavy atom. The highest BCUT2D eigenvalue weighted by atomic mass is 16.4. The lowest BCUT2D eigenvalue weighted by Gasteiger charge is -2.27. The third-order valence-electron chi connectivity index (χ3n) is 5.50. The van der Waals surface area contributed by atoms with Crippen LogP contribution in [-0.4, -0.2) is 65.3 Å². The molecule has 1 aliphatic rings.